The lowest BCUT2D eigenvalue weighted by Crippen LogP contribution is -2.46. The number of nitrogen functional groups attached to an aromatic ring is 1. The molecule has 1 aliphatic rings. The predicted octanol–water partition coefficient (Wildman–Crippen LogP) is 2.00. The molecule has 0 radical (unpaired) electrons. The van der Waals surface area contributed by atoms with Gasteiger partial charge in [0.05, 0.1) is 6.10 Å². The normalized spacial score (nSPS) is 17.6. The molecule has 1 aliphatic heterocycles. The fraction of sp³-hybridized carbons (Fsp3) is 0.438. The number of halogens is 1. The first-order valence-corrected chi connectivity index (χ1v) is 8.40. The van der Waals surface area contributed by atoms with Crippen molar-refractivity contribution in [3.63, 3.8) is 0 Å². The molecule has 1 atom stereocenters. The Hall–Kier alpha value is -1.18. The number of β-amino-alcohol motifs (C(OH)–C–C–N with tert-alkyl or cyclic N) is 1. The van der Waals surface area contributed by atoms with Crippen LogP contribution in [0.15, 0.2) is 36.5 Å². The van der Waals surface area contributed by atoms with Gasteiger partial charge in [0.25, 0.3) is 0 Å². The third kappa shape index (κ3) is 5.16. The Morgan fingerprint density at radius 3 is 2.39 bits per heavy atom. The van der Waals surface area contributed by atoms with E-state index in [0.29, 0.717) is 11.7 Å². The van der Waals surface area contributed by atoms with Crippen molar-refractivity contribution in [2.45, 2.75) is 12.6 Å². The number of aromatic nitrogens is 1. The SMILES string of the molecule is Cl.Nc1ncc(CN2CCN(CC(O)c3ccccc3)CC2)s1. The Morgan fingerprint density at radius 2 is 1.78 bits per heavy atom. The number of hydrogen-bond donors (Lipinski definition) is 2. The summed E-state index contributed by atoms with van der Waals surface area (Å²) in [4.78, 5) is 10.1. The molecular formula is C16H23ClN4OS. The zero-order chi connectivity index (χ0) is 15.4. The van der Waals surface area contributed by atoms with E-state index < -0.39 is 6.10 Å². The molecule has 0 amide bonds. The van der Waals surface area contributed by atoms with Crippen molar-refractivity contribution in [1.29, 1.82) is 0 Å². The zero-order valence-corrected chi connectivity index (χ0v) is 14.6. The molecule has 1 saturated heterocycles. The van der Waals surface area contributed by atoms with E-state index in [1.54, 1.807) is 11.3 Å². The van der Waals surface area contributed by atoms with Crippen LogP contribution < -0.4 is 5.73 Å². The van der Waals surface area contributed by atoms with Crippen LogP contribution in [0.4, 0.5) is 5.13 Å². The number of aliphatic hydroxyl groups excluding tert-OH is 1. The lowest BCUT2D eigenvalue weighted by molar-refractivity contribution is 0.0704. The molecule has 126 valence electrons. The summed E-state index contributed by atoms with van der Waals surface area (Å²) < 4.78 is 0. The molecule has 1 fully saturated rings. The number of nitrogens with two attached hydrogens (primary N) is 1. The van der Waals surface area contributed by atoms with Crippen LogP contribution in [-0.2, 0) is 6.54 Å². The highest BCUT2D eigenvalue weighted by atomic mass is 35.5. The maximum atomic E-state index is 10.3. The van der Waals surface area contributed by atoms with Crippen molar-refractivity contribution >= 4 is 28.9 Å². The van der Waals surface area contributed by atoms with Gasteiger partial charge in [-0.1, -0.05) is 30.3 Å². The molecule has 0 bridgehead atoms. The van der Waals surface area contributed by atoms with Gasteiger partial charge in [-0.25, -0.2) is 4.98 Å². The molecule has 3 rings (SSSR count). The molecule has 2 heterocycles. The van der Waals surface area contributed by atoms with Gasteiger partial charge in [0.15, 0.2) is 5.13 Å². The first-order chi connectivity index (χ1) is 10.7. The van der Waals surface area contributed by atoms with Crippen molar-refractivity contribution in [3.05, 3.63) is 47.0 Å². The van der Waals surface area contributed by atoms with E-state index in [0.717, 1.165) is 38.3 Å². The zero-order valence-electron chi connectivity index (χ0n) is 13.0. The topological polar surface area (TPSA) is 65.6 Å². The number of thiazole rings is 1. The first kappa shape index (κ1) is 18.2. The highest BCUT2D eigenvalue weighted by Crippen LogP contribution is 2.19. The summed E-state index contributed by atoms with van der Waals surface area (Å²) >= 11 is 1.56. The first-order valence-electron chi connectivity index (χ1n) is 7.58. The number of rotatable bonds is 5. The second kappa shape index (κ2) is 8.61. The second-order valence-electron chi connectivity index (χ2n) is 5.67. The largest absolute Gasteiger partial charge is 0.387 e. The molecule has 0 spiro atoms. The van der Waals surface area contributed by atoms with Crippen LogP contribution in [0.1, 0.15) is 16.5 Å². The van der Waals surface area contributed by atoms with E-state index in [4.69, 9.17) is 5.73 Å². The smallest absolute Gasteiger partial charge is 0.180 e. The van der Waals surface area contributed by atoms with E-state index in [1.165, 1.54) is 4.88 Å². The average Bonchev–Trinajstić information content (AvgIpc) is 2.95. The van der Waals surface area contributed by atoms with Crippen LogP contribution in [0, 0.1) is 0 Å². The summed E-state index contributed by atoms with van der Waals surface area (Å²) in [5.41, 5.74) is 6.66. The van der Waals surface area contributed by atoms with Gasteiger partial charge in [0.1, 0.15) is 0 Å². The van der Waals surface area contributed by atoms with Crippen molar-refractivity contribution in [1.82, 2.24) is 14.8 Å². The Balaban J connectivity index is 0.00000192. The van der Waals surface area contributed by atoms with Gasteiger partial charge in [-0.2, -0.15) is 0 Å². The van der Waals surface area contributed by atoms with Crippen LogP contribution in [0.3, 0.4) is 0 Å². The van der Waals surface area contributed by atoms with Crippen molar-refractivity contribution in [3.8, 4) is 0 Å². The number of anilines is 1. The molecule has 2 aromatic rings. The van der Waals surface area contributed by atoms with Gasteiger partial charge in [-0.15, -0.1) is 23.7 Å². The van der Waals surface area contributed by atoms with Crippen LogP contribution >= 0.6 is 23.7 Å². The standard InChI is InChI=1S/C16H22N4OS.ClH/c17-16-18-10-14(22-16)11-19-6-8-20(9-7-19)12-15(21)13-4-2-1-3-5-13;/h1-5,10,15,21H,6-9,11-12H2,(H2,17,18);1H. The van der Waals surface area contributed by atoms with E-state index in [-0.39, 0.29) is 12.4 Å². The summed E-state index contributed by atoms with van der Waals surface area (Å²) in [5.74, 6) is 0. The fourth-order valence-corrected chi connectivity index (χ4v) is 3.50. The second-order valence-corrected chi connectivity index (χ2v) is 6.81. The van der Waals surface area contributed by atoms with Crippen LogP contribution in [0.2, 0.25) is 0 Å². The summed E-state index contributed by atoms with van der Waals surface area (Å²) in [6.45, 7) is 5.62. The molecule has 1 aromatic heterocycles. The summed E-state index contributed by atoms with van der Waals surface area (Å²) in [6, 6.07) is 9.87. The minimum atomic E-state index is -0.408. The number of hydrogen-bond acceptors (Lipinski definition) is 6. The van der Waals surface area contributed by atoms with Gasteiger partial charge >= 0.3 is 0 Å². The summed E-state index contributed by atoms with van der Waals surface area (Å²) in [7, 11) is 0. The molecule has 0 aliphatic carbocycles. The van der Waals surface area contributed by atoms with Gasteiger partial charge in [0.2, 0.25) is 0 Å². The maximum Gasteiger partial charge on any atom is 0.180 e. The van der Waals surface area contributed by atoms with Crippen molar-refractivity contribution in [2.75, 3.05) is 38.5 Å². The van der Waals surface area contributed by atoms with Gasteiger partial charge in [0, 0.05) is 50.3 Å². The molecule has 1 unspecified atom stereocenters. The molecule has 1 aromatic carbocycles. The predicted molar refractivity (Wildman–Crippen MR) is 96.9 cm³/mol. The third-order valence-electron chi connectivity index (χ3n) is 4.03. The Kier molecular flexibility index (Phi) is 6.80. The van der Waals surface area contributed by atoms with Gasteiger partial charge < -0.3 is 10.8 Å². The van der Waals surface area contributed by atoms with Crippen LogP contribution in [0.5, 0.6) is 0 Å². The molecule has 7 heteroatoms. The van der Waals surface area contributed by atoms with Crippen LogP contribution in [-0.4, -0.2) is 52.6 Å². The van der Waals surface area contributed by atoms with Crippen molar-refractivity contribution < 1.29 is 5.11 Å². The fourth-order valence-electron chi connectivity index (χ4n) is 2.77. The minimum absolute atomic E-state index is 0. The Labute approximate surface area is 147 Å². The quantitative estimate of drug-likeness (QED) is 0.859. The van der Waals surface area contributed by atoms with E-state index >= 15 is 0 Å². The molecule has 0 saturated carbocycles. The highest BCUT2D eigenvalue weighted by molar-refractivity contribution is 7.15. The number of piperazine rings is 1. The lowest BCUT2D eigenvalue weighted by atomic mass is 10.1. The summed E-state index contributed by atoms with van der Waals surface area (Å²) in [6.07, 6.45) is 1.46. The van der Waals surface area contributed by atoms with E-state index in [1.807, 2.05) is 36.5 Å². The van der Waals surface area contributed by atoms with E-state index in [2.05, 4.69) is 14.8 Å². The molecule has 3 N–H and O–H groups in total. The molecule has 23 heavy (non-hydrogen) atoms. The monoisotopic (exact) mass is 354 g/mol. The minimum Gasteiger partial charge on any atom is -0.387 e. The molecule has 5 nitrogen and oxygen atoms in total. The Bertz CT molecular complexity index is 587. The number of aliphatic hydroxyl groups is 1. The number of nitrogens with zero attached hydrogens (tertiary/aromatic N) is 3. The maximum absolute atomic E-state index is 10.3. The van der Waals surface area contributed by atoms with Gasteiger partial charge in [-0.3, -0.25) is 9.80 Å². The third-order valence-corrected chi connectivity index (χ3v) is 4.84. The summed E-state index contributed by atoms with van der Waals surface area (Å²) in [5, 5.41) is 10.9. The average molecular weight is 355 g/mol. The number of benzene rings is 1. The van der Waals surface area contributed by atoms with Crippen molar-refractivity contribution in [2.24, 2.45) is 0 Å². The van der Waals surface area contributed by atoms with E-state index in [9.17, 15) is 5.11 Å². The Morgan fingerprint density at radius 1 is 1.13 bits per heavy atom. The van der Waals surface area contributed by atoms with Gasteiger partial charge in [-0.05, 0) is 5.56 Å². The van der Waals surface area contributed by atoms with Crippen LogP contribution in [0.25, 0.3) is 0 Å². The lowest BCUT2D eigenvalue weighted by Gasteiger charge is -2.35. The highest BCUT2D eigenvalue weighted by Gasteiger charge is 2.20. The molecular weight excluding hydrogens is 332 g/mol.